The largest absolute Gasteiger partial charge is 0.573 e. The summed E-state index contributed by atoms with van der Waals surface area (Å²) in [6.07, 6.45) is -4.83. The molecule has 1 saturated heterocycles. The topological polar surface area (TPSA) is 63.7 Å². The summed E-state index contributed by atoms with van der Waals surface area (Å²) in [5.74, 6) is -0.433. The summed E-state index contributed by atoms with van der Waals surface area (Å²) in [4.78, 5) is 19.0. The highest BCUT2D eigenvalue weighted by molar-refractivity contribution is 7.22. The lowest BCUT2D eigenvalue weighted by Crippen LogP contribution is -2.52. The molecule has 1 aromatic heterocycles. The molecule has 1 amide bonds. The van der Waals surface area contributed by atoms with Crippen molar-refractivity contribution in [2.75, 3.05) is 30.4 Å². The minimum absolute atomic E-state index is 0.0136. The van der Waals surface area contributed by atoms with Crippen LogP contribution in [0.5, 0.6) is 11.5 Å². The summed E-state index contributed by atoms with van der Waals surface area (Å²) in [7, 11) is 1.59. The van der Waals surface area contributed by atoms with Crippen molar-refractivity contribution in [3.05, 3.63) is 42.5 Å². The van der Waals surface area contributed by atoms with Crippen LogP contribution < -0.4 is 19.7 Å². The van der Waals surface area contributed by atoms with Gasteiger partial charge in [-0.1, -0.05) is 23.5 Å². The van der Waals surface area contributed by atoms with E-state index in [0.29, 0.717) is 13.1 Å². The van der Waals surface area contributed by atoms with Crippen molar-refractivity contribution in [3.63, 3.8) is 0 Å². The molecule has 0 spiro atoms. The van der Waals surface area contributed by atoms with Gasteiger partial charge in [-0.05, 0) is 24.3 Å². The van der Waals surface area contributed by atoms with Gasteiger partial charge in [0.25, 0.3) is 0 Å². The number of benzene rings is 2. The fourth-order valence-corrected chi connectivity index (χ4v) is 3.94. The van der Waals surface area contributed by atoms with Crippen LogP contribution in [0.2, 0.25) is 0 Å². The van der Waals surface area contributed by atoms with E-state index in [0.717, 1.165) is 27.2 Å². The van der Waals surface area contributed by atoms with Crippen molar-refractivity contribution in [2.45, 2.75) is 6.36 Å². The number of thiazole rings is 1. The third-order valence-electron chi connectivity index (χ3n) is 4.48. The highest BCUT2D eigenvalue weighted by Crippen LogP contribution is 2.35. The zero-order chi connectivity index (χ0) is 20.6. The number of methoxy groups -OCH3 is 1. The van der Waals surface area contributed by atoms with E-state index in [9.17, 15) is 18.0 Å². The van der Waals surface area contributed by atoms with Gasteiger partial charge in [-0.3, -0.25) is 4.79 Å². The van der Waals surface area contributed by atoms with Crippen LogP contribution >= 0.6 is 11.3 Å². The molecular weight excluding hydrogens is 407 g/mol. The van der Waals surface area contributed by atoms with E-state index in [-0.39, 0.29) is 17.5 Å². The average molecular weight is 423 g/mol. The molecule has 6 nitrogen and oxygen atoms in total. The van der Waals surface area contributed by atoms with E-state index < -0.39 is 12.1 Å². The summed E-state index contributed by atoms with van der Waals surface area (Å²) < 4.78 is 47.7. The maximum Gasteiger partial charge on any atom is 0.573 e. The average Bonchev–Trinajstić information content (AvgIpc) is 3.03. The molecular formula is C19H16F3N3O3S. The highest BCUT2D eigenvalue weighted by atomic mass is 32.1. The molecule has 1 N–H and O–H groups in total. The quantitative estimate of drug-likeness (QED) is 0.664. The van der Waals surface area contributed by atoms with Crippen molar-refractivity contribution in [1.82, 2.24) is 4.98 Å². The Bertz CT molecular complexity index is 1050. The molecule has 0 atom stereocenters. The Balaban J connectivity index is 1.40. The van der Waals surface area contributed by atoms with Crippen LogP contribution in [0.25, 0.3) is 10.2 Å². The number of fused-ring (bicyclic) bond motifs is 1. The first-order valence-electron chi connectivity index (χ1n) is 8.67. The normalized spacial score (nSPS) is 14.6. The van der Waals surface area contributed by atoms with Gasteiger partial charge in [0.2, 0.25) is 5.91 Å². The Hall–Kier alpha value is -3.01. The highest BCUT2D eigenvalue weighted by Gasteiger charge is 2.36. The molecule has 0 radical (unpaired) electrons. The van der Waals surface area contributed by atoms with E-state index in [1.165, 1.54) is 29.5 Å². The van der Waals surface area contributed by atoms with Crippen molar-refractivity contribution >= 4 is 38.3 Å². The van der Waals surface area contributed by atoms with Gasteiger partial charge in [0, 0.05) is 19.2 Å². The summed E-state index contributed by atoms with van der Waals surface area (Å²) in [6.45, 7) is 0.871. The maximum atomic E-state index is 12.5. The van der Waals surface area contributed by atoms with Gasteiger partial charge in [0.05, 0.1) is 28.9 Å². The van der Waals surface area contributed by atoms with Gasteiger partial charge in [-0.25, -0.2) is 4.98 Å². The second kappa shape index (κ2) is 7.43. The molecule has 152 valence electrons. The number of nitrogens with one attached hydrogen (secondary N) is 1. The second-order valence-corrected chi connectivity index (χ2v) is 7.47. The Morgan fingerprint density at radius 1 is 1.24 bits per heavy atom. The molecule has 1 aliphatic rings. The van der Waals surface area contributed by atoms with Crippen LogP contribution in [0, 0.1) is 5.92 Å². The predicted molar refractivity (Wildman–Crippen MR) is 104 cm³/mol. The van der Waals surface area contributed by atoms with Crippen molar-refractivity contribution in [1.29, 1.82) is 0 Å². The minimum atomic E-state index is -4.83. The predicted octanol–water partition coefficient (Wildman–Crippen LogP) is 4.28. The van der Waals surface area contributed by atoms with E-state index in [1.54, 1.807) is 7.11 Å². The number of amides is 1. The van der Waals surface area contributed by atoms with Crippen molar-refractivity contribution in [2.24, 2.45) is 5.92 Å². The number of hydrogen-bond donors (Lipinski definition) is 1. The van der Waals surface area contributed by atoms with Crippen molar-refractivity contribution < 1.29 is 27.4 Å². The summed E-state index contributed by atoms with van der Waals surface area (Å²) in [5.41, 5.74) is 0.802. The van der Waals surface area contributed by atoms with Crippen LogP contribution in [0.4, 0.5) is 24.0 Å². The zero-order valence-electron chi connectivity index (χ0n) is 15.2. The number of rotatable bonds is 5. The van der Waals surface area contributed by atoms with E-state index >= 15 is 0 Å². The number of anilines is 2. The van der Waals surface area contributed by atoms with Gasteiger partial charge >= 0.3 is 6.36 Å². The molecule has 4 rings (SSSR count). The third-order valence-corrected chi connectivity index (χ3v) is 5.57. The van der Waals surface area contributed by atoms with Crippen LogP contribution in [-0.4, -0.2) is 37.5 Å². The smallest absolute Gasteiger partial charge is 0.497 e. The lowest BCUT2D eigenvalue weighted by molar-refractivity contribution is -0.274. The Kier molecular flexibility index (Phi) is 4.95. The monoisotopic (exact) mass is 423 g/mol. The molecule has 0 bridgehead atoms. The second-order valence-electron chi connectivity index (χ2n) is 6.47. The molecule has 10 heteroatoms. The lowest BCUT2D eigenvalue weighted by Gasteiger charge is -2.38. The molecule has 0 unspecified atom stereocenters. The van der Waals surface area contributed by atoms with Crippen molar-refractivity contribution in [3.8, 4) is 11.5 Å². The molecule has 1 aliphatic heterocycles. The molecule has 0 saturated carbocycles. The molecule has 1 fully saturated rings. The third kappa shape index (κ3) is 4.21. The van der Waals surface area contributed by atoms with Crippen LogP contribution in [0.3, 0.4) is 0 Å². The van der Waals surface area contributed by atoms with Gasteiger partial charge in [-0.15, -0.1) is 13.2 Å². The summed E-state index contributed by atoms with van der Waals surface area (Å²) >= 11 is 1.51. The van der Waals surface area contributed by atoms with Crippen LogP contribution in [-0.2, 0) is 4.79 Å². The standard InChI is InChI=1S/C19H16F3N3O3S/c1-27-12-6-7-16-14(8-12)24-18(29-16)25-9-11(10-25)17(26)23-13-4-2-3-5-15(13)28-19(20,21)22/h2-8,11H,9-10H2,1H3,(H,23,26). The van der Waals surface area contributed by atoms with Gasteiger partial charge in [-0.2, -0.15) is 0 Å². The molecule has 29 heavy (non-hydrogen) atoms. The number of hydrogen-bond acceptors (Lipinski definition) is 6. The molecule has 3 aromatic rings. The van der Waals surface area contributed by atoms with Gasteiger partial charge in [0.15, 0.2) is 10.9 Å². The number of para-hydroxylation sites is 2. The number of carbonyl (C=O) groups excluding carboxylic acids is 1. The summed E-state index contributed by atoms with van der Waals surface area (Å²) in [5, 5.41) is 3.31. The van der Waals surface area contributed by atoms with Gasteiger partial charge < -0.3 is 19.7 Å². The maximum absolute atomic E-state index is 12.5. The van der Waals surface area contributed by atoms with Gasteiger partial charge in [0.1, 0.15) is 5.75 Å². The SMILES string of the molecule is COc1ccc2sc(N3CC(C(=O)Nc4ccccc4OC(F)(F)F)C3)nc2c1. The first kappa shape index (κ1) is 19.3. The number of aromatic nitrogens is 1. The first-order chi connectivity index (χ1) is 13.8. The van der Waals surface area contributed by atoms with Crippen LogP contribution in [0.1, 0.15) is 0 Å². The number of nitrogens with zero attached hydrogens (tertiary/aromatic N) is 2. The lowest BCUT2D eigenvalue weighted by atomic mass is 10.00. The summed E-state index contributed by atoms with van der Waals surface area (Å²) in [6, 6.07) is 11.1. The van der Waals surface area contributed by atoms with Crippen LogP contribution in [0.15, 0.2) is 42.5 Å². The minimum Gasteiger partial charge on any atom is -0.497 e. The molecule has 2 heterocycles. The number of ether oxygens (including phenoxy) is 2. The first-order valence-corrected chi connectivity index (χ1v) is 9.49. The fraction of sp³-hybridized carbons (Fsp3) is 0.263. The van der Waals surface area contributed by atoms with E-state index in [4.69, 9.17) is 4.74 Å². The number of halogens is 3. The van der Waals surface area contributed by atoms with E-state index in [2.05, 4.69) is 15.0 Å². The fourth-order valence-electron chi connectivity index (χ4n) is 2.98. The Labute approximate surface area is 167 Å². The Morgan fingerprint density at radius 2 is 2.00 bits per heavy atom. The van der Waals surface area contributed by atoms with E-state index in [1.807, 2.05) is 23.1 Å². The molecule has 0 aliphatic carbocycles. The molecule has 2 aromatic carbocycles. The zero-order valence-corrected chi connectivity index (χ0v) is 16.0. The Morgan fingerprint density at radius 3 is 2.72 bits per heavy atom. The number of carbonyl (C=O) groups is 1. The number of alkyl halides is 3.